The molecule has 0 heterocycles. The van der Waals surface area contributed by atoms with Crippen LogP contribution in [0, 0.1) is 11.3 Å². The van der Waals surface area contributed by atoms with E-state index in [1.807, 2.05) is 60.7 Å². The minimum absolute atomic E-state index is 0.220. The second-order valence-corrected chi connectivity index (χ2v) is 4.32. The van der Waals surface area contributed by atoms with Gasteiger partial charge in [0, 0.05) is 5.69 Å². The van der Waals surface area contributed by atoms with Crippen LogP contribution in [0.25, 0.3) is 0 Å². The van der Waals surface area contributed by atoms with Gasteiger partial charge >= 0.3 is 0 Å². The van der Waals surface area contributed by atoms with Crippen molar-refractivity contribution in [2.24, 2.45) is 0 Å². The fourth-order valence-electron chi connectivity index (χ4n) is 1.51. The number of hydrogen-bond donors (Lipinski definition) is 1. The second kappa shape index (κ2) is 6.53. The van der Waals surface area contributed by atoms with Crippen molar-refractivity contribution in [3.8, 4) is 17.6 Å². The van der Waals surface area contributed by atoms with Crippen LogP contribution < -0.4 is 10.1 Å². The Balaban J connectivity index is 1.99. The lowest BCUT2D eigenvalue weighted by Crippen LogP contribution is -2.07. The molecule has 0 saturated heterocycles. The first-order valence-corrected chi connectivity index (χ1v) is 6.18. The smallest absolute Gasteiger partial charge is 0.127 e. The zero-order chi connectivity index (χ0) is 13.5. The molecule has 1 N–H and O–H groups in total. The van der Waals surface area contributed by atoms with Gasteiger partial charge in [-0.15, -0.1) is 0 Å². The molecule has 4 heteroatoms. The summed E-state index contributed by atoms with van der Waals surface area (Å²) in [5.74, 6) is 1.55. The first kappa shape index (κ1) is 13.1. The fourth-order valence-corrected chi connectivity index (χ4v) is 1.69. The van der Waals surface area contributed by atoms with Gasteiger partial charge in [-0.05, 0) is 36.4 Å². The third kappa shape index (κ3) is 4.09. The molecule has 0 aliphatic rings. The van der Waals surface area contributed by atoms with Crippen molar-refractivity contribution in [2.45, 2.75) is 6.42 Å². The number of anilines is 1. The SMILES string of the molecule is N#CCC(=S)Nc1ccc(Oc2ccccc2)cc1. The number of nitrogens with zero attached hydrogens (tertiary/aromatic N) is 1. The number of ether oxygens (including phenoxy) is 1. The van der Waals surface area contributed by atoms with Gasteiger partial charge < -0.3 is 10.1 Å². The fraction of sp³-hybridized carbons (Fsp3) is 0.0667. The lowest BCUT2D eigenvalue weighted by Gasteiger charge is -2.08. The van der Waals surface area contributed by atoms with Gasteiger partial charge in [0.2, 0.25) is 0 Å². The van der Waals surface area contributed by atoms with Crippen molar-refractivity contribution >= 4 is 22.9 Å². The van der Waals surface area contributed by atoms with E-state index in [0.717, 1.165) is 17.2 Å². The van der Waals surface area contributed by atoms with E-state index in [1.165, 1.54) is 0 Å². The molecule has 0 radical (unpaired) electrons. The molecule has 0 bridgehead atoms. The summed E-state index contributed by atoms with van der Waals surface area (Å²) in [6.45, 7) is 0. The number of nitrogens with one attached hydrogen (secondary N) is 1. The average Bonchev–Trinajstić information content (AvgIpc) is 2.42. The van der Waals surface area contributed by atoms with Crippen molar-refractivity contribution in [1.29, 1.82) is 5.26 Å². The largest absolute Gasteiger partial charge is 0.457 e. The Hall–Kier alpha value is -2.38. The quantitative estimate of drug-likeness (QED) is 0.847. The van der Waals surface area contributed by atoms with E-state index < -0.39 is 0 Å². The maximum absolute atomic E-state index is 8.53. The van der Waals surface area contributed by atoms with Crippen LogP contribution in [0.15, 0.2) is 54.6 Å². The van der Waals surface area contributed by atoms with Crippen LogP contribution in [0.4, 0.5) is 5.69 Å². The monoisotopic (exact) mass is 268 g/mol. The first-order chi connectivity index (χ1) is 9.28. The molecule has 0 unspecified atom stereocenters. The molecule has 0 spiro atoms. The summed E-state index contributed by atoms with van der Waals surface area (Å²) in [5.41, 5.74) is 0.848. The highest BCUT2D eigenvalue weighted by Gasteiger charge is 1.99. The Morgan fingerprint density at radius 1 is 1.05 bits per heavy atom. The molecule has 0 saturated carbocycles. The van der Waals surface area contributed by atoms with Crippen molar-refractivity contribution < 1.29 is 4.74 Å². The summed E-state index contributed by atoms with van der Waals surface area (Å²) < 4.78 is 5.67. The van der Waals surface area contributed by atoms with Gasteiger partial charge in [-0.1, -0.05) is 30.4 Å². The van der Waals surface area contributed by atoms with Crippen LogP contribution in [-0.2, 0) is 0 Å². The number of benzene rings is 2. The lowest BCUT2D eigenvalue weighted by molar-refractivity contribution is 0.483. The van der Waals surface area contributed by atoms with Crippen molar-refractivity contribution in [2.75, 3.05) is 5.32 Å². The van der Waals surface area contributed by atoms with Crippen molar-refractivity contribution in [3.05, 3.63) is 54.6 Å². The highest BCUT2D eigenvalue weighted by Crippen LogP contribution is 2.22. The van der Waals surface area contributed by atoms with Crippen LogP contribution in [-0.4, -0.2) is 4.99 Å². The standard InChI is InChI=1S/C15H12N2OS/c16-11-10-15(19)17-12-6-8-14(9-7-12)18-13-4-2-1-3-5-13/h1-9H,10H2,(H,17,19). The maximum Gasteiger partial charge on any atom is 0.127 e. The van der Waals surface area contributed by atoms with Gasteiger partial charge in [0.15, 0.2) is 0 Å². The molecule has 19 heavy (non-hydrogen) atoms. The molecule has 2 aromatic carbocycles. The second-order valence-electron chi connectivity index (χ2n) is 3.82. The molecule has 0 aromatic heterocycles. The summed E-state index contributed by atoms with van der Waals surface area (Å²) >= 11 is 5.01. The lowest BCUT2D eigenvalue weighted by atomic mass is 10.3. The van der Waals surface area contributed by atoms with E-state index in [9.17, 15) is 0 Å². The third-order valence-electron chi connectivity index (χ3n) is 2.36. The summed E-state index contributed by atoms with van der Waals surface area (Å²) in [6.07, 6.45) is 0.220. The van der Waals surface area contributed by atoms with E-state index in [-0.39, 0.29) is 6.42 Å². The number of hydrogen-bond acceptors (Lipinski definition) is 3. The van der Waals surface area contributed by atoms with Crippen molar-refractivity contribution in [1.82, 2.24) is 0 Å². The van der Waals surface area contributed by atoms with E-state index in [2.05, 4.69) is 5.32 Å². The highest BCUT2D eigenvalue weighted by molar-refractivity contribution is 7.80. The van der Waals surface area contributed by atoms with Crippen LogP contribution in [0.3, 0.4) is 0 Å². The van der Waals surface area contributed by atoms with Gasteiger partial charge in [-0.2, -0.15) is 5.26 Å². The molecule has 0 amide bonds. The molecule has 0 atom stereocenters. The molecule has 94 valence electrons. The predicted molar refractivity (Wildman–Crippen MR) is 79.4 cm³/mol. The minimum atomic E-state index is 0.220. The molecule has 2 rings (SSSR count). The zero-order valence-electron chi connectivity index (χ0n) is 10.2. The maximum atomic E-state index is 8.53. The van der Waals surface area contributed by atoms with Crippen molar-refractivity contribution in [3.63, 3.8) is 0 Å². The number of thiocarbonyl (C=S) groups is 1. The predicted octanol–water partition coefficient (Wildman–Crippen LogP) is 4.13. The Labute approximate surface area is 117 Å². The van der Waals surface area contributed by atoms with Gasteiger partial charge in [-0.25, -0.2) is 0 Å². The molecular weight excluding hydrogens is 256 g/mol. The third-order valence-corrected chi connectivity index (χ3v) is 2.60. The minimum Gasteiger partial charge on any atom is -0.457 e. The Kier molecular flexibility index (Phi) is 4.49. The van der Waals surface area contributed by atoms with Gasteiger partial charge in [0.05, 0.1) is 17.5 Å². The van der Waals surface area contributed by atoms with Crippen LogP contribution >= 0.6 is 12.2 Å². The normalized spacial score (nSPS) is 9.42. The molecular formula is C15H12N2OS. The zero-order valence-corrected chi connectivity index (χ0v) is 11.0. The van der Waals surface area contributed by atoms with E-state index >= 15 is 0 Å². The number of rotatable bonds is 4. The van der Waals surface area contributed by atoms with Crippen LogP contribution in [0.2, 0.25) is 0 Å². The average molecular weight is 268 g/mol. The van der Waals surface area contributed by atoms with Gasteiger partial charge in [-0.3, -0.25) is 0 Å². The van der Waals surface area contributed by atoms with Crippen LogP contribution in [0.1, 0.15) is 6.42 Å². The Morgan fingerprint density at radius 2 is 1.68 bits per heavy atom. The van der Waals surface area contributed by atoms with Crippen LogP contribution in [0.5, 0.6) is 11.5 Å². The molecule has 2 aromatic rings. The van der Waals surface area contributed by atoms with Gasteiger partial charge in [0.1, 0.15) is 11.5 Å². The summed E-state index contributed by atoms with van der Waals surface area (Å²) in [5, 5.41) is 11.5. The van der Waals surface area contributed by atoms with E-state index in [1.54, 1.807) is 0 Å². The molecule has 0 aliphatic carbocycles. The topological polar surface area (TPSA) is 45.0 Å². The number of para-hydroxylation sites is 1. The summed E-state index contributed by atoms with van der Waals surface area (Å²) in [4.78, 5) is 0.513. The van der Waals surface area contributed by atoms with E-state index in [0.29, 0.717) is 4.99 Å². The molecule has 0 aliphatic heterocycles. The first-order valence-electron chi connectivity index (χ1n) is 5.78. The molecule has 3 nitrogen and oxygen atoms in total. The number of nitriles is 1. The molecule has 0 fully saturated rings. The Bertz CT molecular complexity index is 588. The summed E-state index contributed by atoms with van der Waals surface area (Å²) in [7, 11) is 0. The Morgan fingerprint density at radius 3 is 2.32 bits per heavy atom. The highest BCUT2D eigenvalue weighted by atomic mass is 32.1. The van der Waals surface area contributed by atoms with E-state index in [4.69, 9.17) is 22.2 Å². The van der Waals surface area contributed by atoms with Gasteiger partial charge in [0.25, 0.3) is 0 Å². The summed E-state index contributed by atoms with van der Waals surface area (Å²) in [6, 6.07) is 19.0.